The van der Waals surface area contributed by atoms with Crippen LogP contribution in [0.15, 0.2) is 22.8 Å². The summed E-state index contributed by atoms with van der Waals surface area (Å²) in [5.74, 6) is 0.878. The molecule has 84 valence electrons. The number of halogens is 1. The zero-order valence-electron chi connectivity index (χ0n) is 8.86. The van der Waals surface area contributed by atoms with Crippen molar-refractivity contribution in [2.45, 2.75) is 31.2 Å². The molecule has 0 atom stereocenters. The van der Waals surface area contributed by atoms with Crippen LogP contribution in [0, 0.1) is 0 Å². The lowest BCUT2D eigenvalue weighted by Crippen LogP contribution is -2.22. The van der Waals surface area contributed by atoms with Crippen LogP contribution in [-0.2, 0) is 6.42 Å². The van der Waals surface area contributed by atoms with Crippen LogP contribution in [0.5, 0.6) is 0 Å². The first kappa shape index (κ1) is 10.2. The average molecular weight is 281 g/mol. The molecule has 0 radical (unpaired) electrons. The molecule has 0 spiro atoms. The molecule has 0 aliphatic heterocycles. The van der Waals surface area contributed by atoms with Gasteiger partial charge in [0.25, 0.3) is 0 Å². The molecule has 1 aliphatic rings. The largest absolute Gasteiger partial charge is 0.325 e. The lowest BCUT2D eigenvalue weighted by Gasteiger charge is -2.04. The predicted molar refractivity (Wildman–Crippen MR) is 65.2 cm³/mol. The van der Waals surface area contributed by atoms with Gasteiger partial charge in [-0.3, -0.25) is 0 Å². The number of rotatable bonds is 3. The number of nitrogens with two attached hydrogens (primary N) is 1. The summed E-state index contributed by atoms with van der Waals surface area (Å²) in [4.78, 5) is 4.47. The van der Waals surface area contributed by atoms with Crippen molar-refractivity contribution in [3.8, 4) is 0 Å². The van der Waals surface area contributed by atoms with E-state index in [1.54, 1.807) is 0 Å². The zero-order valence-corrected chi connectivity index (χ0v) is 10.4. The minimum atomic E-state index is 0.0781. The van der Waals surface area contributed by atoms with Crippen LogP contribution in [0.25, 0.3) is 5.65 Å². The first-order chi connectivity index (χ1) is 7.66. The third-order valence-corrected chi connectivity index (χ3v) is 3.70. The molecule has 16 heavy (non-hydrogen) atoms. The zero-order chi connectivity index (χ0) is 11.2. The summed E-state index contributed by atoms with van der Waals surface area (Å²) in [7, 11) is 0. The van der Waals surface area contributed by atoms with Crippen molar-refractivity contribution < 1.29 is 0 Å². The second-order valence-corrected chi connectivity index (χ2v) is 5.32. The number of nitrogens with zero attached hydrogens (tertiary/aromatic N) is 3. The standard InChI is InChI=1S/C11H13BrN4/c12-8-2-1-3-10-14-9(15-16(8)10)4-5-11(13)6-7-11/h1-3H,4-7,13H2. The van der Waals surface area contributed by atoms with Crippen LogP contribution in [0.2, 0.25) is 0 Å². The van der Waals surface area contributed by atoms with Gasteiger partial charge in [0, 0.05) is 12.0 Å². The summed E-state index contributed by atoms with van der Waals surface area (Å²) in [6.07, 6.45) is 4.14. The van der Waals surface area contributed by atoms with Crippen molar-refractivity contribution in [2.24, 2.45) is 5.73 Å². The molecular weight excluding hydrogens is 268 g/mol. The fourth-order valence-electron chi connectivity index (χ4n) is 1.80. The van der Waals surface area contributed by atoms with E-state index in [4.69, 9.17) is 5.73 Å². The van der Waals surface area contributed by atoms with E-state index in [0.717, 1.165) is 41.8 Å². The van der Waals surface area contributed by atoms with Gasteiger partial charge in [-0.2, -0.15) is 5.10 Å². The van der Waals surface area contributed by atoms with Crippen molar-refractivity contribution in [3.63, 3.8) is 0 Å². The molecule has 0 bridgehead atoms. The van der Waals surface area contributed by atoms with Gasteiger partial charge in [0.15, 0.2) is 11.5 Å². The van der Waals surface area contributed by atoms with E-state index >= 15 is 0 Å². The van der Waals surface area contributed by atoms with Crippen LogP contribution in [-0.4, -0.2) is 20.1 Å². The lowest BCUT2D eigenvalue weighted by molar-refractivity contribution is 0.595. The number of hydrogen-bond acceptors (Lipinski definition) is 3. The highest BCUT2D eigenvalue weighted by molar-refractivity contribution is 9.10. The second-order valence-electron chi connectivity index (χ2n) is 4.51. The van der Waals surface area contributed by atoms with Crippen molar-refractivity contribution in [1.29, 1.82) is 0 Å². The first-order valence-electron chi connectivity index (χ1n) is 5.45. The predicted octanol–water partition coefficient (Wildman–Crippen LogP) is 1.92. The minimum absolute atomic E-state index is 0.0781. The Hall–Kier alpha value is -0.940. The molecule has 2 N–H and O–H groups in total. The van der Waals surface area contributed by atoms with Gasteiger partial charge in [-0.25, -0.2) is 9.50 Å². The van der Waals surface area contributed by atoms with E-state index in [9.17, 15) is 0 Å². The second kappa shape index (κ2) is 3.53. The molecule has 4 nitrogen and oxygen atoms in total. The van der Waals surface area contributed by atoms with Gasteiger partial charge >= 0.3 is 0 Å². The Balaban J connectivity index is 1.85. The maximum atomic E-state index is 6.05. The molecule has 2 heterocycles. The Kier molecular flexibility index (Phi) is 2.26. The minimum Gasteiger partial charge on any atom is -0.325 e. The Morgan fingerprint density at radius 3 is 2.94 bits per heavy atom. The third-order valence-electron chi connectivity index (χ3n) is 3.10. The Labute approximate surface area is 102 Å². The number of aromatic nitrogens is 3. The fraction of sp³-hybridized carbons (Fsp3) is 0.455. The van der Waals surface area contributed by atoms with Crippen LogP contribution in [0.3, 0.4) is 0 Å². The van der Waals surface area contributed by atoms with Gasteiger partial charge in [0.1, 0.15) is 4.60 Å². The average Bonchev–Trinajstić information content (AvgIpc) is 2.84. The van der Waals surface area contributed by atoms with Crippen LogP contribution in [0.4, 0.5) is 0 Å². The Bertz CT molecular complexity index is 530. The van der Waals surface area contributed by atoms with Crippen molar-refractivity contribution in [2.75, 3.05) is 0 Å². The normalized spacial score (nSPS) is 17.9. The van der Waals surface area contributed by atoms with E-state index < -0.39 is 0 Å². The highest BCUT2D eigenvalue weighted by Gasteiger charge is 2.37. The number of aryl methyl sites for hydroxylation is 1. The maximum Gasteiger partial charge on any atom is 0.156 e. The van der Waals surface area contributed by atoms with Crippen molar-refractivity contribution in [1.82, 2.24) is 14.6 Å². The van der Waals surface area contributed by atoms with Crippen LogP contribution in [0.1, 0.15) is 25.1 Å². The monoisotopic (exact) mass is 280 g/mol. The molecule has 1 fully saturated rings. The number of pyridine rings is 1. The summed E-state index contributed by atoms with van der Waals surface area (Å²) in [5.41, 5.74) is 7.01. The topological polar surface area (TPSA) is 56.2 Å². The van der Waals surface area contributed by atoms with Gasteiger partial charge in [-0.15, -0.1) is 0 Å². The Morgan fingerprint density at radius 2 is 2.25 bits per heavy atom. The smallest absolute Gasteiger partial charge is 0.156 e. The fourth-order valence-corrected chi connectivity index (χ4v) is 2.21. The molecule has 3 rings (SSSR count). The molecule has 2 aromatic heterocycles. The van der Waals surface area contributed by atoms with E-state index in [0.29, 0.717) is 0 Å². The highest BCUT2D eigenvalue weighted by atomic mass is 79.9. The Morgan fingerprint density at radius 1 is 1.44 bits per heavy atom. The van der Waals surface area contributed by atoms with Gasteiger partial charge in [0.05, 0.1) is 0 Å². The van der Waals surface area contributed by atoms with E-state index in [1.807, 2.05) is 22.7 Å². The molecule has 0 saturated heterocycles. The first-order valence-corrected chi connectivity index (χ1v) is 6.25. The highest BCUT2D eigenvalue weighted by Crippen LogP contribution is 2.36. The van der Waals surface area contributed by atoms with Crippen molar-refractivity contribution in [3.05, 3.63) is 28.6 Å². The molecule has 0 amide bonds. The number of hydrogen-bond donors (Lipinski definition) is 1. The quantitative estimate of drug-likeness (QED) is 0.874. The summed E-state index contributed by atoms with van der Waals surface area (Å²) in [5, 5.41) is 4.45. The molecule has 5 heteroatoms. The van der Waals surface area contributed by atoms with Crippen LogP contribution >= 0.6 is 15.9 Å². The van der Waals surface area contributed by atoms with Crippen molar-refractivity contribution >= 4 is 21.6 Å². The van der Waals surface area contributed by atoms with Crippen LogP contribution < -0.4 is 5.73 Å². The van der Waals surface area contributed by atoms with Gasteiger partial charge in [-0.05, 0) is 47.3 Å². The molecule has 0 unspecified atom stereocenters. The lowest BCUT2D eigenvalue weighted by atomic mass is 10.1. The maximum absolute atomic E-state index is 6.05. The molecule has 1 saturated carbocycles. The van der Waals surface area contributed by atoms with E-state index in [2.05, 4.69) is 26.0 Å². The van der Waals surface area contributed by atoms with Gasteiger partial charge in [0.2, 0.25) is 0 Å². The third kappa shape index (κ3) is 1.85. The summed E-state index contributed by atoms with van der Waals surface area (Å²) >= 11 is 3.45. The molecule has 0 aromatic carbocycles. The summed E-state index contributed by atoms with van der Waals surface area (Å²) < 4.78 is 2.74. The van der Waals surface area contributed by atoms with Gasteiger partial charge in [-0.1, -0.05) is 6.07 Å². The van der Waals surface area contributed by atoms with Gasteiger partial charge < -0.3 is 5.73 Å². The molecule has 1 aliphatic carbocycles. The number of fused-ring (bicyclic) bond motifs is 1. The SMILES string of the molecule is NC1(CCc2nc3cccc(Br)n3n2)CC1. The van der Waals surface area contributed by atoms with E-state index in [1.165, 1.54) is 0 Å². The molecular formula is C11H13BrN4. The summed E-state index contributed by atoms with van der Waals surface area (Å²) in [6, 6.07) is 5.87. The summed E-state index contributed by atoms with van der Waals surface area (Å²) in [6.45, 7) is 0. The van der Waals surface area contributed by atoms with E-state index in [-0.39, 0.29) is 5.54 Å². The molecule has 2 aromatic rings.